The third kappa shape index (κ3) is 2.46. The predicted molar refractivity (Wildman–Crippen MR) is 77.1 cm³/mol. The number of rotatable bonds is 3. The average molecular weight is 318 g/mol. The number of H-pyrrole nitrogens is 1. The maximum Gasteiger partial charge on any atom is 0.215 e. The van der Waals surface area contributed by atoms with Crippen LogP contribution in [-0.2, 0) is 6.61 Å². The minimum atomic E-state index is 0.417. The summed E-state index contributed by atoms with van der Waals surface area (Å²) in [6.45, 7) is 2.46. The van der Waals surface area contributed by atoms with Gasteiger partial charge >= 0.3 is 0 Å². The van der Waals surface area contributed by atoms with Crippen LogP contribution in [0.15, 0.2) is 41.1 Å². The Balaban J connectivity index is 1.86. The molecule has 96 valence electrons. The molecule has 0 unspecified atom stereocenters. The third-order valence-corrected chi connectivity index (χ3v) is 3.49. The molecule has 0 radical (unpaired) electrons. The molecule has 3 rings (SSSR count). The summed E-state index contributed by atoms with van der Waals surface area (Å²) >= 11 is 3.50. The van der Waals surface area contributed by atoms with Crippen LogP contribution in [0.3, 0.4) is 0 Å². The summed E-state index contributed by atoms with van der Waals surface area (Å²) in [5.41, 5.74) is 2.83. The minimum Gasteiger partial charge on any atom is -0.471 e. The lowest BCUT2D eigenvalue weighted by Crippen LogP contribution is -1.99. The molecule has 0 fully saturated rings. The van der Waals surface area contributed by atoms with Crippen molar-refractivity contribution < 1.29 is 4.74 Å². The van der Waals surface area contributed by atoms with Gasteiger partial charge in [-0.05, 0) is 40.5 Å². The Labute approximate surface area is 119 Å². The zero-order valence-electron chi connectivity index (χ0n) is 10.4. The molecular formula is C14H12BrN3O. The van der Waals surface area contributed by atoms with E-state index < -0.39 is 0 Å². The lowest BCUT2D eigenvalue weighted by molar-refractivity contribution is 0.290. The van der Waals surface area contributed by atoms with Crippen molar-refractivity contribution in [3.05, 3.63) is 52.4 Å². The van der Waals surface area contributed by atoms with Crippen molar-refractivity contribution in [3.63, 3.8) is 0 Å². The average Bonchev–Trinajstić information content (AvgIpc) is 2.80. The topological polar surface area (TPSA) is 50.8 Å². The van der Waals surface area contributed by atoms with E-state index in [-0.39, 0.29) is 0 Å². The highest BCUT2D eigenvalue weighted by atomic mass is 79.9. The molecule has 0 spiro atoms. The fourth-order valence-electron chi connectivity index (χ4n) is 1.96. The fraction of sp³-hybridized carbons (Fsp3) is 0.143. The summed E-state index contributed by atoms with van der Waals surface area (Å²) in [5.74, 6) is 0.602. The highest BCUT2D eigenvalue weighted by Crippen LogP contribution is 2.28. The highest BCUT2D eigenvalue weighted by molar-refractivity contribution is 9.10. The van der Waals surface area contributed by atoms with Gasteiger partial charge in [0.05, 0.1) is 5.69 Å². The predicted octanol–water partition coefficient (Wildman–Crippen LogP) is 3.61. The lowest BCUT2D eigenvalue weighted by Gasteiger charge is -2.06. The maximum atomic E-state index is 5.68. The van der Waals surface area contributed by atoms with Crippen LogP contribution >= 0.6 is 15.9 Å². The van der Waals surface area contributed by atoms with Gasteiger partial charge in [0.2, 0.25) is 5.88 Å². The van der Waals surface area contributed by atoms with E-state index in [0.29, 0.717) is 12.5 Å². The second-order valence-electron chi connectivity index (χ2n) is 4.25. The fourth-order valence-corrected chi connectivity index (χ4v) is 2.57. The molecule has 4 nitrogen and oxygen atoms in total. The van der Waals surface area contributed by atoms with E-state index in [9.17, 15) is 0 Å². The Morgan fingerprint density at radius 2 is 2.26 bits per heavy atom. The van der Waals surface area contributed by atoms with Crippen LogP contribution < -0.4 is 4.74 Å². The van der Waals surface area contributed by atoms with E-state index in [4.69, 9.17) is 4.74 Å². The summed E-state index contributed by atoms with van der Waals surface area (Å²) < 4.78 is 6.70. The lowest BCUT2D eigenvalue weighted by atomic mass is 10.2. The van der Waals surface area contributed by atoms with Crippen molar-refractivity contribution in [3.8, 4) is 5.88 Å². The molecule has 0 amide bonds. The third-order valence-electron chi connectivity index (χ3n) is 2.86. The van der Waals surface area contributed by atoms with E-state index in [0.717, 1.165) is 26.8 Å². The first-order valence-electron chi connectivity index (χ1n) is 5.91. The van der Waals surface area contributed by atoms with Crippen LogP contribution in [0.2, 0.25) is 0 Å². The molecule has 19 heavy (non-hydrogen) atoms. The number of hydrogen-bond donors (Lipinski definition) is 1. The number of ether oxygens (including phenoxy) is 1. The van der Waals surface area contributed by atoms with Crippen LogP contribution in [-0.4, -0.2) is 15.0 Å². The summed E-state index contributed by atoms with van der Waals surface area (Å²) in [6, 6.07) is 7.69. The standard InChI is InChI=1S/C14H12BrN3O/c1-9-6-12(18-14-13(9)11(15)7-17-14)19-8-10-4-2-3-5-16-10/h2-7H,8H2,1H3,(H,17,18). The molecule has 0 aliphatic carbocycles. The molecule has 3 heterocycles. The molecule has 0 aliphatic rings. The quantitative estimate of drug-likeness (QED) is 0.802. The molecule has 5 heteroatoms. The van der Waals surface area contributed by atoms with Gasteiger partial charge in [-0.2, -0.15) is 4.98 Å². The highest BCUT2D eigenvalue weighted by Gasteiger charge is 2.08. The van der Waals surface area contributed by atoms with Crippen molar-refractivity contribution >= 4 is 27.0 Å². The summed E-state index contributed by atoms with van der Waals surface area (Å²) in [7, 11) is 0. The van der Waals surface area contributed by atoms with E-state index in [1.807, 2.05) is 37.4 Å². The van der Waals surface area contributed by atoms with Gasteiger partial charge in [-0.25, -0.2) is 0 Å². The summed E-state index contributed by atoms with van der Waals surface area (Å²) in [5, 5.41) is 1.09. The van der Waals surface area contributed by atoms with E-state index in [1.54, 1.807) is 6.20 Å². The van der Waals surface area contributed by atoms with Gasteiger partial charge in [0.15, 0.2) is 0 Å². The molecule has 0 saturated carbocycles. The Hall–Kier alpha value is -1.88. The SMILES string of the molecule is Cc1cc(OCc2ccccn2)nc2[nH]cc(Br)c12. The molecule has 1 N–H and O–H groups in total. The number of aromatic amines is 1. The van der Waals surface area contributed by atoms with E-state index in [1.165, 1.54) is 0 Å². The number of aryl methyl sites for hydroxylation is 1. The number of aromatic nitrogens is 3. The van der Waals surface area contributed by atoms with Crippen molar-refractivity contribution in [1.29, 1.82) is 0 Å². The molecule has 0 saturated heterocycles. The summed E-state index contributed by atoms with van der Waals surface area (Å²) in [6.07, 6.45) is 3.63. The van der Waals surface area contributed by atoms with Crippen molar-refractivity contribution in [2.75, 3.05) is 0 Å². The van der Waals surface area contributed by atoms with Crippen molar-refractivity contribution in [2.24, 2.45) is 0 Å². The Kier molecular flexibility index (Phi) is 3.21. The van der Waals surface area contributed by atoms with Crippen molar-refractivity contribution in [2.45, 2.75) is 13.5 Å². The molecule has 0 bridgehead atoms. The van der Waals surface area contributed by atoms with Crippen LogP contribution in [0.25, 0.3) is 11.0 Å². The van der Waals surface area contributed by atoms with Crippen molar-refractivity contribution in [1.82, 2.24) is 15.0 Å². The molecule has 3 aromatic heterocycles. The first-order valence-corrected chi connectivity index (χ1v) is 6.70. The first kappa shape index (κ1) is 12.2. The van der Waals surface area contributed by atoms with Gasteiger partial charge in [0.1, 0.15) is 12.3 Å². The Morgan fingerprint density at radius 3 is 3.05 bits per heavy atom. The minimum absolute atomic E-state index is 0.417. The summed E-state index contributed by atoms with van der Waals surface area (Å²) in [4.78, 5) is 11.8. The largest absolute Gasteiger partial charge is 0.471 e. The zero-order chi connectivity index (χ0) is 13.2. The van der Waals surface area contributed by atoms with E-state index in [2.05, 4.69) is 30.9 Å². The number of fused-ring (bicyclic) bond motifs is 1. The van der Waals surface area contributed by atoms with Gasteiger partial charge in [-0.3, -0.25) is 4.98 Å². The molecule has 3 aromatic rings. The van der Waals surface area contributed by atoms with Crippen LogP contribution in [0.1, 0.15) is 11.3 Å². The number of pyridine rings is 2. The van der Waals surface area contributed by atoms with Gasteiger partial charge in [0.25, 0.3) is 0 Å². The van der Waals surface area contributed by atoms with Gasteiger partial charge < -0.3 is 9.72 Å². The molecule has 0 aliphatic heterocycles. The molecule has 0 aromatic carbocycles. The maximum absolute atomic E-state index is 5.68. The smallest absolute Gasteiger partial charge is 0.215 e. The number of halogens is 1. The number of nitrogens with zero attached hydrogens (tertiary/aromatic N) is 2. The normalized spacial score (nSPS) is 10.8. The van der Waals surface area contributed by atoms with Gasteiger partial charge in [0, 0.05) is 28.3 Å². The Morgan fingerprint density at radius 1 is 1.37 bits per heavy atom. The Bertz CT molecular complexity index is 709. The van der Waals surface area contributed by atoms with Crippen LogP contribution in [0.5, 0.6) is 5.88 Å². The van der Waals surface area contributed by atoms with Gasteiger partial charge in [-0.1, -0.05) is 6.07 Å². The first-order chi connectivity index (χ1) is 9.24. The van der Waals surface area contributed by atoms with E-state index >= 15 is 0 Å². The molecular weight excluding hydrogens is 306 g/mol. The number of nitrogens with one attached hydrogen (secondary N) is 1. The van der Waals surface area contributed by atoms with Crippen LogP contribution in [0, 0.1) is 6.92 Å². The van der Waals surface area contributed by atoms with Gasteiger partial charge in [-0.15, -0.1) is 0 Å². The second kappa shape index (κ2) is 5.01. The monoisotopic (exact) mass is 317 g/mol. The van der Waals surface area contributed by atoms with Crippen LogP contribution in [0.4, 0.5) is 0 Å². The second-order valence-corrected chi connectivity index (χ2v) is 5.10. The number of hydrogen-bond acceptors (Lipinski definition) is 3. The molecule has 0 atom stereocenters. The zero-order valence-corrected chi connectivity index (χ0v) is 11.9.